The van der Waals surface area contributed by atoms with Crippen molar-refractivity contribution in [3.05, 3.63) is 23.9 Å². The fourth-order valence-corrected chi connectivity index (χ4v) is 1.89. The summed E-state index contributed by atoms with van der Waals surface area (Å²) in [4.78, 5) is 15.1. The lowest BCUT2D eigenvalue weighted by Gasteiger charge is -2.26. The third-order valence-corrected chi connectivity index (χ3v) is 2.54. The molecule has 1 heterocycles. The second kappa shape index (κ2) is 5.85. The van der Waals surface area contributed by atoms with Gasteiger partial charge in [-0.2, -0.15) is 0 Å². The van der Waals surface area contributed by atoms with Gasteiger partial charge in [0.05, 0.1) is 6.42 Å². The molecule has 0 spiro atoms. The van der Waals surface area contributed by atoms with Gasteiger partial charge in [-0.3, -0.25) is 4.79 Å². The predicted octanol–water partition coefficient (Wildman–Crippen LogP) is 3.08. The van der Waals surface area contributed by atoms with E-state index in [-0.39, 0.29) is 17.9 Å². The van der Waals surface area contributed by atoms with Crippen LogP contribution in [0.25, 0.3) is 0 Å². The van der Waals surface area contributed by atoms with E-state index in [0.717, 1.165) is 17.8 Å². The molecule has 1 aromatic heterocycles. The molecule has 0 radical (unpaired) electrons. The smallest absolute Gasteiger partial charge is 0.305 e. The van der Waals surface area contributed by atoms with E-state index in [9.17, 15) is 4.79 Å². The SMILES string of the molecule is Cc1ccc(NC(CC(=O)O)CC(C)(C)C)nc1. The maximum atomic E-state index is 10.9. The van der Waals surface area contributed by atoms with Gasteiger partial charge < -0.3 is 10.4 Å². The number of rotatable bonds is 5. The van der Waals surface area contributed by atoms with Crippen molar-refractivity contribution in [2.24, 2.45) is 5.41 Å². The minimum Gasteiger partial charge on any atom is -0.481 e. The summed E-state index contributed by atoms with van der Waals surface area (Å²) in [7, 11) is 0. The number of carbonyl (C=O) groups is 1. The number of aryl methyl sites for hydroxylation is 1. The minimum absolute atomic E-state index is 0.0812. The van der Waals surface area contributed by atoms with Crippen molar-refractivity contribution in [3.8, 4) is 0 Å². The maximum absolute atomic E-state index is 10.9. The van der Waals surface area contributed by atoms with Crippen LogP contribution in [0.5, 0.6) is 0 Å². The van der Waals surface area contributed by atoms with E-state index in [2.05, 4.69) is 31.1 Å². The first-order chi connectivity index (χ1) is 8.26. The first-order valence-corrected chi connectivity index (χ1v) is 6.17. The lowest BCUT2D eigenvalue weighted by Crippen LogP contribution is -2.28. The van der Waals surface area contributed by atoms with Gasteiger partial charge in [0.2, 0.25) is 0 Å². The highest BCUT2D eigenvalue weighted by atomic mass is 16.4. The average molecular weight is 250 g/mol. The van der Waals surface area contributed by atoms with E-state index in [1.165, 1.54) is 0 Å². The first-order valence-electron chi connectivity index (χ1n) is 6.17. The van der Waals surface area contributed by atoms with Crippen LogP contribution in [0.2, 0.25) is 0 Å². The zero-order chi connectivity index (χ0) is 13.8. The summed E-state index contributed by atoms with van der Waals surface area (Å²) in [5, 5.41) is 12.1. The van der Waals surface area contributed by atoms with Crippen LogP contribution in [-0.2, 0) is 4.79 Å². The van der Waals surface area contributed by atoms with Gasteiger partial charge in [-0.25, -0.2) is 4.98 Å². The molecule has 1 aromatic rings. The molecule has 0 aliphatic rings. The Labute approximate surface area is 108 Å². The largest absolute Gasteiger partial charge is 0.481 e. The normalized spacial score (nSPS) is 13.1. The summed E-state index contributed by atoms with van der Waals surface area (Å²) < 4.78 is 0. The van der Waals surface area contributed by atoms with Crippen molar-refractivity contribution >= 4 is 11.8 Å². The van der Waals surface area contributed by atoms with Crippen LogP contribution in [0.3, 0.4) is 0 Å². The summed E-state index contributed by atoms with van der Waals surface area (Å²) in [6.45, 7) is 8.28. The Bertz CT molecular complexity index is 393. The Hall–Kier alpha value is -1.58. The molecule has 1 rings (SSSR count). The van der Waals surface area contributed by atoms with Crippen molar-refractivity contribution in [1.82, 2.24) is 4.98 Å². The van der Waals surface area contributed by atoms with Gasteiger partial charge in [-0.15, -0.1) is 0 Å². The van der Waals surface area contributed by atoms with Crippen molar-refractivity contribution in [1.29, 1.82) is 0 Å². The van der Waals surface area contributed by atoms with E-state index in [1.807, 2.05) is 19.1 Å². The van der Waals surface area contributed by atoms with Crippen LogP contribution in [0.1, 0.15) is 39.2 Å². The van der Waals surface area contributed by atoms with Crippen molar-refractivity contribution in [2.45, 2.75) is 46.6 Å². The number of nitrogens with zero attached hydrogens (tertiary/aromatic N) is 1. The van der Waals surface area contributed by atoms with Crippen molar-refractivity contribution in [3.63, 3.8) is 0 Å². The topological polar surface area (TPSA) is 62.2 Å². The highest BCUT2D eigenvalue weighted by molar-refractivity contribution is 5.68. The van der Waals surface area contributed by atoms with E-state index >= 15 is 0 Å². The lowest BCUT2D eigenvalue weighted by atomic mass is 9.87. The number of aliphatic carboxylic acids is 1. The molecular formula is C14H22N2O2. The van der Waals surface area contributed by atoms with Crippen molar-refractivity contribution in [2.75, 3.05) is 5.32 Å². The number of nitrogens with one attached hydrogen (secondary N) is 1. The number of hydrogen-bond donors (Lipinski definition) is 2. The molecule has 0 bridgehead atoms. The number of anilines is 1. The van der Waals surface area contributed by atoms with Gasteiger partial charge in [0.15, 0.2) is 0 Å². The summed E-state index contributed by atoms with van der Waals surface area (Å²) in [6, 6.07) is 3.74. The number of carboxylic acids is 1. The second-order valence-electron chi connectivity index (χ2n) is 5.92. The van der Waals surface area contributed by atoms with Crippen LogP contribution >= 0.6 is 0 Å². The molecule has 0 aliphatic heterocycles. The molecule has 100 valence electrons. The van der Waals surface area contributed by atoms with E-state index < -0.39 is 5.97 Å². The van der Waals surface area contributed by atoms with Gasteiger partial charge >= 0.3 is 5.97 Å². The fourth-order valence-electron chi connectivity index (χ4n) is 1.89. The Morgan fingerprint density at radius 2 is 2.11 bits per heavy atom. The maximum Gasteiger partial charge on any atom is 0.305 e. The Morgan fingerprint density at radius 1 is 1.44 bits per heavy atom. The Morgan fingerprint density at radius 3 is 2.56 bits per heavy atom. The zero-order valence-corrected chi connectivity index (χ0v) is 11.5. The molecule has 0 aromatic carbocycles. The summed E-state index contributed by atoms with van der Waals surface area (Å²) in [5.41, 5.74) is 1.17. The summed E-state index contributed by atoms with van der Waals surface area (Å²) >= 11 is 0. The predicted molar refractivity (Wildman–Crippen MR) is 72.7 cm³/mol. The van der Waals surface area contributed by atoms with E-state index in [1.54, 1.807) is 6.20 Å². The van der Waals surface area contributed by atoms with Gasteiger partial charge in [0, 0.05) is 12.2 Å². The van der Waals surface area contributed by atoms with Crippen LogP contribution < -0.4 is 5.32 Å². The quantitative estimate of drug-likeness (QED) is 0.843. The van der Waals surface area contributed by atoms with Crippen LogP contribution in [-0.4, -0.2) is 22.1 Å². The molecule has 0 saturated heterocycles. The lowest BCUT2D eigenvalue weighted by molar-refractivity contribution is -0.137. The third-order valence-electron chi connectivity index (χ3n) is 2.54. The molecule has 2 N–H and O–H groups in total. The van der Waals surface area contributed by atoms with Crippen molar-refractivity contribution < 1.29 is 9.90 Å². The highest BCUT2D eigenvalue weighted by Gasteiger charge is 2.21. The molecule has 0 aliphatic carbocycles. The van der Waals surface area contributed by atoms with E-state index in [0.29, 0.717) is 0 Å². The standard InChI is InChI=1S/C14H22N2O2/c1-10-5-6-12(15-9-10)16-11(7-13(17)18)8-14(2,3)4/h5-6,9,11H,7-8H2,1-4H3,(H,15,16)(H,17,18). The molecule has 0 amide bonds. The molecule has 1 atom stereocenters. The Balaban J connectivity index is 2.71. The number of pyridine rings is 1. The molecule has 0 saturated carbocycles. The number of aromatic nitrogens is 1. The molecule has 18 heavy (non-hydrogen) atoms. The number of hydrogen-bond acceptors (Lipinski definition) is 3. The van der Waals surface area contributed by atoms with Gasteiger partial charge in [0.1, 0.15) is 5.82 Å². The summed E-state index contributed by atoms with van der Waals surface area (Å²) in [5.74, 6) is -0.0556. The monoisotopic (exact) mass is 250 g/mol. The van der Waals surface area contributed by atoms with Crippen LogP contribution in [0, 0.1) is 12.3 Å². The Kier molecular flexibility index (Phi) is 4.70. The molecule has 4 heteroatoms. The minimum atomic E-state index is -0.788. The zero-order valence-electron chi connectivity index (χ0n) is 11.5. The van der Waals surface area contributed by atoms with Gasteiger partial charge in [0.25, 0.3) is 0 Å². The van der Waals surface area contributed by atoms with Gasteiger partial charge in [-0.05, 0) is 30.4 Å². The second-order valence-corrected chi connectivity index (χ2v) is 5.92. The van der Waals surface area contributed by atoms with E-state index in [4.69, 9.17) is 5.11 Å². The highest BCUT2D eigenvalue weighted by Crippen LogP contribution is 2.24. The summed E-state index contributed by atoms with van der Waals surface area (Å²) in [6.07, 6.45) is 2.67. The first kappa shape index (κ1) is 14.5. The third kappa shape index (κ3) is 5.66. The molecule has 4 nitrogen and oxygen atoms in total. The molecular weight excluding hydrogens is 228 g/mol. The van der Waals surface area contributed by atoms with Crippen LogP contribution in [0.4, 0.5) is 5.82 Å². The number of carboxylic acid groups (broad SMARTS) is 1. The van der Waals surface area contributed by atoms with Crippen LogP contribution in [0.15, 0.2) is 18.3 Å². The molecule has 1 unspecified atom stereocenters. The average Bonchev–Trinajstić information content (AvgIpc) is 2.18. The fraction of sp³-hybridized carbons (Fsp3) is 0.571. The van der Waals surface area contributed by atoms with Gasteiger partial charge in [-0.1, -0.05) is 26.8 Å². The molecule has 0 fully saturated rings.